The second-order valence-corrected chi connectivity index (χ2v) is 4.99. The predicted molar refractivity (Wildman–Crippen MR) is 77.0 cm³/mol. The minimum Gasteiger partial charge on any atom is -0.494 e. The Hall–Kier alpha value is -1.84. The first kappa shape index (κ1) is 14.6. The number of amides is 1. The third kappa shape index (κ3) is 3.59. The molecule has 1 fully saturated rings. The monoisotopic (exact) mass is 275 g/mol. The zero-order valence-corrected chi connectivity index (χ0v) is 11.9. The fourth-order valence-electron chi connectivity index (χ4n) is 2.41. The third-order valence-corrected chi connectivity index (χ3v) is 3.52. The van der Waals surface area contributed by atoms with Crippen molar-refractivity contribution in [3.05, 3.63) is 29.8 Å². The average molecular weight is 275 g/mol. The molecule has 1 aliphatic heterocycles. The maximum absolute atomic E-state index is 12.2. The molecule has 4 nitrogen and oxygen atoms in total. The van der Waals surface area contributed by atoms with Crippen LogP contribution in [-0.2, 0) is 4.79 Å². The lowest BCUT2D eigenvalue weighted by Crippen LogP contribution is -2.37. The van der Waals surface area contributed by atoms with Crippen LogP contribution in [0.3, 0.4) is 0 Å². The van der Waals surface area contributed by atoms with Gasteiger partial charge >= 0.3 is 0 Å². The number of nitrogens with zero attached hydrogens (tertiary/aromatic N) is 1. The van der Waals surface area contributed by atoms with Crippen LogP contribution in [0, 0.1) is 0 Å². The number of hydrogen-bond acceptors (Lipinski definition) is 3. The lowest BCUT2D eigenvalue weighted by atomic mass is 10.1. The smallest absolute Gasteiger partial charge is 0.294 e. The lowest BCUT2D eigenvalue weighted by Gasteiger charge is -2.19. The normalized spacial score (nSPS) is 15.6. The van der Waals surface area contributed by atoms with Crippen molar-refractivity contribution in [1.29, 1.82) is 0 Å². The van der Waals surface area contributed by atoms with Gasteiger partial charge in [-0.25, -0.2) is 0 Å². The van der Waals surface area contributed by atoms with Crippen LogP contribution in [0.2, 0.25) is 0 Å². The highest BCUT2D eigenvalue weighted by molar-refractivity contribution is 6.42. The summed E-state index contributed by atoms with van der Waals surface area (Å²) in [5, 5.41) is 0. The summed E-state index contributed by atoms with van der Waals surface area (Å²) in [5.74, 6) is -0.0859. The Bertz CT molecular complexity index is 459. The fourth-order valence-corrected chi connectivity index (χ4v) is 2.41. The van der Waals surface area contributed by atoms with E-state index in [0.29, 0.717) is 31.0 Å². The van der Waals surface area contributed by atoms with Gasteiger partial charge in [-0.1, -0.05) is 12.8 Å². The van der Waals surface area contributed by atoms with E-state index in [2.05, 4.69) is 0 Å². The molecule has 2 rings (SSSR count). The molecule has 20 heavy (non-hydrogen) atoms. The van der Waals surface area contributed by atoms with Crippen LogP contribution in [0.5, 0.6) is 5.75 Å². The predicted octanol–water partition coefficient (Wildman–Crippen LogP) is 2.67. The topological polar surface area (TPSA) is 46.6 Å². The first-order chi connectivity index (χ1) is 9.72. The van der Waals surface area contributed by atoms with Crippen molar-refractivity contribution in [3.63, 3.8) is 0 Å². The highest BCUT2D eigenvalue weighted by atomic mass is 16.5. The minimum atomic E-state index is -0.421. The number of Topliss-reactive ketones (excluding diaryl/α,β-unsaturated/α-hetero) is 1. The molecule has 1 amide bonds. The number of hydrogen-bond donors (Lipinski definition) is 0. The maximum atomic E-state index is 12.2. The number of carbonyl (C=O) groups is 2. The number of ketones is 1. The Kier molecular flexibility index (Phi) is 5.16. The Morgan fingerprint density at radius 2 is 1.65 bits per heavy atom. The third-order valence-electron chi connectivity index (χ3n) is 3.52. The van der Waals surface area contributed by atoms with Gasteiger partial charge in [-0.15, -0.1) is 0 Å². The van der Waals surface area contributed by atoms with Gasteiger partial charge in [0, 0.05) is 18.7 Å². The quantitative estimate of drug-likeness (QED) is 0.627. The van der Waals surface area contributed by atoms with Gasteiger partial charge in [0.1, 0.15) is 5.75 Å². The van der Waals surface area contributed by atoms with Gasteiger partial charge in [0.15, 0.2) is 0 Å². The fraction of sp³-hybridized carbons (Fsp3) is 0.500. The van der Waals surface area contributed by atoms with Gasteiger partial charge in [0.25, 0.3) is 5.91 Å². The molecule has 0 unspecified atom stereocenters. The van der Waals surface area contributed by atoms with Crippen LogP contribution in [0.1, 0.15) is 43.0 Å². The zero-order chi connectivity index (χ0) is 14.4. The van der Waals surface area contributed by atoms with Crippen LogP contribution in [0.25, 0.3) is 0 Å². The second-order valence-electron chi connectivity index (χ2n) is 4.99. The van der Waals surface area contributed by atoms with E-state index in [1.54, 1.807) is 29.2 Å². The molecule has 108 valence electrons. The summed E-state index contributed by atoms with van der Waals surface area (Å²) < 4.78 is 5.33. The van der Waals surface area contributed by atoms with Crippen LogP contribution in [-0.4, -0.2) is 36.3 Å². The van der Waals surface area contributed by atoms with Crippen molar-refractivity contribution in [2.24, 2.45) is 0 Å². The van der Waals surface area contributed by atoms with E-state index in [1.165, 1.54) is 0 Å². The molecule has 0 radical (unpaired) electrons. The summed E-state index contributed by atoms with van der Waals surface area (Å²) in [7, 11) is 0. The molecule has 0 atom stereocenters. The first-order valence-electron chi connectivity index (χ1n) is 7.29. The van der Waals surface area contributed by atoms with E-state index in [9.17, 15) is 9.59 Å². The summed E-state index contributed by atoms with van der Waals surface area (Å²) in [6, 6.07) is 6.77. The summed E-state index contributed by atoms with van der Waals surface area (Å²) in [4.78, 5) is 26.1. The molecule has 0 saturated carbocycles. The molecule has 0 aromatic heterocycles. The van der Waals surface area contributed by atoms with E-state index in [4.69, 9.17) is 4.74 Å². The van der Waals surface area contributed by atoms with Crippen LogP contribution < -0.4 is 4.74 Å². The van der Waals surface area contributed by atoms with Crippen molar-refractivity contribution in [3.8, 4) is 5.75 Å². The van der Waals surface area contributed by atoms with Gasteiger partial charge in [-0.05, 0) is 44.0 Å². The molecule has 0 spiro atoms. The minimum absolute atomic E-state index is 0.379. The Morgan fingerprint density at radius 3 is 2.20 bits per heavy atom. The molecule has 0 bridgehead atoms. The highest BCUT2D eigenvalue weighted by Gasteiger charge is 2.23. The van der Waals surface area contributed by atoms with Crippen LogP contribution in [0.4, 0.5) is 0 Å². The Labute approximate surface area is 119 Å². The first-order valence-corrected chi connectivity index (χ1v) is 7.29. The van der Waals surface area contributed by atoms with Gasteiger partial charge in [-0.2, -0.15) is 0 Å². The summed E-state index contributed by atoms with van der Waals surface area (Å²) in [6.07, 6.45) is 4.26. The molecule has 4 heteroatoms. The van der Waals surface area contributed by atoms with Gasteiger partial charge in [-0.3, -0.25) is 9.59 Å². The molecule has 1 saturated heterocycles. The largest absolute Gasteiger partial charge is 0.494 e. The standard InChI is InChI=1S/C16H21NO3/c1-2-20-14-9-7-13(8-10-14)15(18)16(19)17-11-5-3-4-6-12-17/h7-10H,2-6,11-12H2,1H3. The van der Waals surface area contributed by atoms with Crippen molar-refractivity contribution in [1.82, 2.24) is 4.90 Å². The average Bonchev–Trinajstić information content (AvgIpc) is 2.76. The molecule has 1 aliphatic rings. The summed E-state index contributed by atoms with van der Waals surface area (Å²) in [5.41, 5.74) is 0.433. The Morgan fingerprint density at radius 1 is 1.05 bits per heavy atom. The van der Waals surface area contributed by atoms with Crippen molar-refractivity contribution in [2.45, 2.75) is 32.6 Å². The van der Waals surface area contributed by atoms with Crippen LogP contribution >= 0.6 is 0 Å². The zero-order valence-electron chi connectivity index (χ0n) is 11.9. The van der Waals surface area contributed by atoms with Crippen molar-refractivity contribution >= 4 is 11.7 Å². The molecule has 1 aromatic carbocycles. The van der Waals surface area contributed by atoms with Gasteiger partial charge in [0.05, 0.1) is 6.61 Å². The molecule has 0 N–H and O–H groups in total. The van der Waals surface area contributed by atoms with E-state index >= 15 is 0 Å². The molecule has 1 aromatic rings. The molecule has 0 aliphatic carbocycles. The van der Waals surface area contributed by atoms with Gasteiger partial charge in [0.2, 0.25) is 5.78 Å². The number of carbonyl (C=O) groups excluding carboxylic acids is 2. The van der Waals surface area contributed by atoms with E-state index in [-0.39, 0.29) is 5.91 Å². The van der Waals surface area contributed by atoms with E-state index in [1.807, 2.05) is 6.92 Å². The summed E-state index contributed by atoms with van der Waals surface area (Å²) in [6.45, 7) is 3.88. The highest BCUT2D eigenvalue weighted by Crippen LogP contribution is 2.15. The van der Waals surface area contributed by atoms with Crippen molar-refractivity contribution in [2.75, 3.05) is 19.7 Å². The SMILES string of the molecule is CCOc1ccc(C(=O)C(=O)N2CCCCCC2)cc1. The van der Waals surface area contributed by atoms with E-state index < -0.39 is 5.78 Å². The number of benzene rings is 1. The number of ether oxygens (including phenoxy) is 1. The van der Waals surface area contributed by atoms with Crippen molar-refractivity contribution < 1.29 is 14.3 Å². The second kappa shape index (κ2) is 7.08. The van der Waals surface area contributed by atoms with Crippen LogP contribution in [0.15, 0.2) is 24.3 Å². The number of rotatable bonds is 4. The summed E-state index contributed by atoms with van der Waals surface area (Å²) >= 11 is 0. The molecular formula is C16H21NO3. The molecular weight excluding hydrogens is 254 g/mol. The molecule has 1 heterocycles. The lowest BCUT2D eigenvalue weighted by molar-refractivity contribution is -0.126. The Balaban J connectivity index is 2.03. The van der Waals surface area contributed by atoms with Gasteiger partial charge < -0.3 is 9.64 Å². The van der Waals surface area contributed by atoms with E-state index in [0.717, 1.165) is 25.7 Å². The maximum Gasteiger partial charge on any atom is 0.294 e. The number of likely N-dealkylation sites (tertiary alicyclic amines) is 1.